The van der Waals surface area contributed by atoms with E-state index in [0.717, 1.165) is 18.5 Å². The molecule has 1 aromatic rings. The molecule has 0 radical (unpaired) electrons. The Balaban J connectivity index is 2.23. The summed E-state index contributed by atoms with van der Waals surface area (Å²) in [6.07, 6.45) is 1.66. The molecule has 2 unspecified atom stereocenters. The average Bonchev–Trinajstić information content (AvgIpc) is 2.79. The van der Waals surface area contributed by atoms with Crippen molar-refractivity contribution in [3.05, 3.63) is 11.4 Å². The minimum atomic E-state index is -0.101. The fourth-order valence-electron chi connectivity index (χ4n) is 2.39. The maximum Gasteiger partial charge on any atom is 0.276 e. The first kappa shape index (κ1) is 13.9. The zero-order valence-corrected chi connectivity index (χ0v) is 11.8. The van der Waals surface area contributed by atoms with E-state index in [1.165, 1.54) is 0 Å². The van der Waals surface area contributed by atoms with Gasteiger partial charge in [0.15, 0.2) is 5.69 Å². The molecular weight excluding hydrogens is 244 g/mol. The summed E-state index contributed by atoms with van der Waals surface area (Å²) >= 11 is 0. The highest BCUT2D eigenvalue weighted by Gasteiger charge is 2.32. The minimum Gasteiger partial charge on any atom is -0.395 e. The number of aromatic nitrogens is 2. The van der Waals surface area contributed by atoms with Crippen LogP contribution < -0.4 is 5.73 Å². The van der Waals surface area contributed by atoms with Gasteiger partial charge in [0.05, 0.1) is 30.1 Å². The number of amides is 1. The molecule has 1 saturated heterocycles. The number of morpholine rings is 1. The highest BCUT2D eigenvalue weighted by atomic mass is 16.5. The molecule has 6 nitrogen and oxygen atoms in total. The van der Waals surface area contributed by atoms with Crippen LogP contribution in [-0.2, 0) is 11.2 Å². The topological polar surface area (TPSA) is 84.2 Å². The fourth-order valence-corrected chi connectivity index (χ4v) is 2.39. The van der Waals surface area contributed by atoms with E-state index in [9.17, 15) is 4.79 Å². The average molecular weight is 266 g/mol. The molecule has 6 heteroatoms. The van der Waals surface area contributed by atoms with Crippen molar-refractivity contribution in [3.8, 4) is 0 Å². The van der Waals surface area contributed by atoms with Crippen LogP contribution in [0.4, 0.5) is 5.69 Å². The van der Waals surface area contributed by atoms with Crippen LogP contribution in [-0.4, -0.2) is 46.3 Å². The number of nitrogens with one attached hydrogen (secondary N) is 1. The van der Waals surface area contributed by atoms with Gasteiger partial charge in [0.1, 0.15) is 0 Å². The molecule has 0 bridgehead atoms. The Morgan fingerprint density at radius 2 is 2.32 bits per heavy atom. The molecule has 0 spiro atoms. The predicted molar refractivity (Wildman–Crippen MR) is 72.9 cm³/mol. The van der Waals surface area contributed by atoms with Gasteiger partial charge in [0.2, 0.25) is 0 Å². The summed E-state index contributed by atoms with van der Waals surface area (Å²) in [5, 5.41) is 6.91. The van der Waals surface area contributed by atoms with Gasteiger partial charge in [-0.3, -0.25) is 9.89 Å². The Morgan fingerprint density at radius 1 is 1.58 bits per heavy atom. The van der Waals surface area contributed by atoms with Gasteiger partial charge in [-0.15, -0.1) is 0 Å². The van der Waals surface area contributed by atoms with Crippen molar-refractivity contribution >= 4 is 11.6 Å². The van der Waals surface area contributed by atoms with Crippen LogP contribution in [0.15, 0.2) is 0 Å². The van der Waals surface area contributed by atoms with E-state index in [1.54, 1.807) is 0 Å². The number of carbonyl (C=O) groups excluding carboxylic acids is 1. The van der Waals surface area contributed by atoms with Gasteiger partial charge in [0.25, 0.3) is 5.91 Å². The number of rotatable bonds is 3. The normalized spacial score (nSPS) is 23.6. The SMILES string of the molecule is CCc1[nH]nc(C(=O)N2CC(C)OCC2CC)c1N. The van der Waals surface area contributed by atoms with Crippen molar-refractivity contribution < 1.29 is 9.53 Å². The molecule has 106 valence electrons. The van der Waals surface area contributed by atoms with E-state index < -0.39 is 0 Å². The monoisotopic (exact) mass is 266 g/mol. The first-order valence-corrected chi connectivity index (χ1v) is 6.83. The van der Waals surface area contributed by atoms with Gasteiger partial charge >= 0.3 is 0 Å². The molecule has 1 fully saturated rings. The first-order chi connectivity index (χ1) is 9.08. The molecule has 0 aromatic carbocycles. The van der Waals surface area contributed by atoms with Crippen LogP contribution in [0.1, 0.15) is 43.4 Å². The lowest BCUT2D eigenvalue weighted by atomic mass is 10.1. The van der Waals surface area contributed by atoms with E-state index >= 15 is 0 Å². The van der Waals surface area contributed by atoms with Gasteiger partial charge in [0, 0.05) is 6.54 Å². The summed E-state index contributed by atoms with van der Waals surface area (Å²) in [5.74, 6) is -0.101. The Hall–Kier alpha value is -1.56. The number of carbonyl (C=O) groups is 1. The van der Waals surface area contributed by atoms with Crippen molar-refractivity contribution in [2.75, 3.05) is 18.9 Å². The van der Waals surface area contributed by atoms with Crippen molar-refractivity contribution in [1.82, 2.24) is 15.1 Å². The summed E-state index contributed by atoms with van der Waals surface area (Å²) in [6.45, 7) is 7.16. The Bertz CT molecular complexity index is 457. The Labute approximate surface area is 113 Å². The van der Waals surface area contributed by atoms with Crippen molar-refractivity contribution in [3.63, 3.8) is 0 Å². The third-order valence-electron chi connectivity index (χ3n) is 3.64. The second-order valence-electron chi connectivity index (χ2n) is 4.98. The molecule has 1 aliphatic heterocycles. The Kier molecular flexibility index (Phi) is 4.09. The lowest BCUT2D eigenvalue weighted by Crippen LogP contribution is -2.51. The van der Waals surface area contributed by atoms with E-state index in [-0.39, 0.29) is 18.1 Å². The third-order valence-corrected chi connectivity index (χ3v) is 3.64. The number of nitrogens with two attached hydrogens (primary N) is 1. The zero-order valence-electron chi connectivity index (χ0n) is 11.8. The summed E-state index contributed by atoms with van der Waals surface area (Å²) in [5.41, 5.74) is 7.60. The molecule has 2 atom stereocenters. The van der Waals surface area contributed by atoms with Gasteiger partial charge in [-0.25, -0.2) is 0 Å². The summed E-state index contributed by atoms with van der Waals surface area (Å²) in [4.78, 5) is 14.4. The molecule has 0 aliphatic carbocycles. The van der Waals surface area contributed by atoms with Gasteiger partial charge in [-0.2, -0.15) is 5.10 Å². The van der Waals surface area contributed by atoms with Gasteiger partial charge in [-0.1, -0.05) is 13.8 Å². The number of H-pyrrole nitrogens is 1. The molecule has 3 N–H and O–H groups in total. The largest absolute Gasteiger partial charge is 0.395 e. The molecule has 0 saturated carbocycles. The second kappa shape index (κ2) is 5.61. The quantitative estimate of drug-likeness (QED) is 0.860. The number of aromatic amines is 1. The number of hydrogen-bond acceptors (Lipinski definition) is 4. The fraction of sp³-hybridized carbons (Fsp3) is 0.692. The van der Waals surface area contributed by atoms with E-state index in [2.05, 4.69) is 17.1 Å². The first-order valence-electron chi connectivity index (χ1n) is 6.83. The van der Waals surface area contributed by atoms with Crippen LogP contribution in [0.5, 0.6) is 0 Å². The molecule has 2 heterocycles. The van der Waals surface area contributed by atoms with Gasteiger partial charge < -0.3 is 15.4 Å². The molecular formula is C13H22N4O2. The summed E-state index contributed by atoms with van der Waals surface area (Å²) in [7, 11) is 0. The van der Waals surface area contributed by atoms with Gasteiger partial charge in [-0.05, 0) is 19.8 Å². The highest BCUT2D eigenvalue weighted by molar-refractivity contribution is 5.97. The maximum absolute atomic E-state index is 12.6. The second-order valence-corrected chi connectivity index (χ2v) is 4.98. The minimum absolute atomic E-state index is 0.0533. The van der Waals surface area contributed by atoms with Crippen molar-refractivity contribution in [2.45, 2.75) is 45.8 Å². The van der Waals surface area contributed by atoms with E-state index in [0.29, 0.717) is 24.5 Å². The molecule has 1 aromatic heterocycles. The standard InChI is InChI=1S/C13H22N4O2/c1-4-9-7-19-8(3)6-17(9)13(18)12-11(14)10(5-2)15-16-12/h8-9H,4-7,14H2,1-3H3,(H,15,16). The van der Waals surface area contributed by atoms with Crippen LogP contribution >= 0.6 is 0 Å². The number of aryl methyl sites for hydroxylation is 1. The highest BCUT2D eigenvalue weighted by Crippen LogP contribution is 2.21. The number of nitrogens with zero attached hydrogens (tertiary/aromatic N) is 2. The number of hydrogen-bond donors (Lipinski definition) is 2. The van der Waals surface area contributed by atoms with Crippen LogP contribution in [0.25, 0.3) is 0 Å². The number of ether oxygens (including phenoxy) is 1. The molecule has 1 aliphatic rings. The van der Waals surface area contributed by atoms with E-state index in [1.807, 2.05) is 18.7 Å². The van der Waals surface area contributed by atoms with Crippen LogP contribution in [0, 0.1) is 0 Å². The van der Waals surface area contributed by atoms with Crippen LogP contribution in [0.3, 0.4) is 0 Å². The lowest BCUT2D eigenvalue weighted by Gasteiger charge is -2.38. The summed E-state index contributed by atoms with van der Waals surface area (Å²) in [6, 6.07) is 0.102. The lowest BCUT2D eigenvalue weighted by molar-refractivity contribution is -0.0445. The molecule has 19 heavy (non-hydrogen) atoms. The zero-order chi connectivity index (χ0) is 14.0. The molecule has 2 rings (SSSR count). The smallest absolute Gasteiger partial charge is 0.276 e. The molecule has 1 amide bonds. The number of nitrogen functional groups attached to an aromatic ring is 1. The number of anilines is 1. The third kappa shape index (κ3) is 2.58. The maximum atomic E-state index is 12.6. The Morgan fingerprint density at radius 3 is 2.89 bits per heavy atom. The summed E-state index contributed by atoms with van der Waals surface area (Å²) < 4.78 is 5.60. The van der Waals surface area contributed by atoms with E-state index in [4.69, 9.17) is 10.5 Å². The predicted octanol–water partition coefficient (Wildman–Crippen LogP) is 1.19. The van der Waals surface area contributed by atoms with Crippen molar-refractivity contribution in [2.24, 2.45) is 0 Å². The van der Waals surface area contributed by atoms with Crippen molar-refractivity contribution in [1.29, 1.82) is 0 Å². The van der Waals surface area contributed by atoms with Crippen LogP contribution in [0.2, 0.25) is 0 Å².